The van der Waals surface area contributed by atoms with Crippen LogP contribution in [0.5, 0.6) is 0 Å². The van der Waals surface area contributed by atoms with Crippen LogP contribution in [-0.2, 0) is 9.47 Å². The van der Waals surface area contributed by atoms with Gasteiger partial charge < -0.3 is 25.2 Å². The second-order valence-corrected chi connectivity index (χ2v) is 7.92. The molecule has 8 heteroatoms. The van der Waals surface area contributed by atoms with E-state index in [2.05, 4.69) is 10.6 Å². The average Bonchev–Trinajstić information content (AvgIpc) is 3.26. The average molecular weight is 412 g/mol. The van der Waals surface area contributed by atoms with E-state index < -0.39 is 6.23 Å². The van der Waals surface area contributed by atoms with Crippen molar-refractivity contribution in [3.63, 3.8) is 0 Å². The van der Waals surface area contributed by atoms with Crippen molar-refractivity contribution in [2.45, 2.75) is 39.1 Å². The number of aliphatic hydroxyl groups is 1. The van der Waals surface area contributed by atoms with Gasteiger partial charge in [-0.05, 0) is 32.1 Å². The molecule has 1 aromatic carbocycles. The van der Waals surface area contributed by atoms with Crippen molar-refractivity contribution in [3.8, 4) is 0 Å². The molecule has 160 valence electrons. The molecule has 4 rings (SSSR count). The van der Waals surface area contributed by atoms with Crippen molar-refractivity contribution in [1.82, 2.24) is 10.0 Å². The van der Waals surface area contributed by atoms with Crippen LogP contribution in [-0.4, -0.2) is 53.6 Å². The predicted molar refractivity (Wildman–Crippen MR) is 116 cm³/mol. The first-order valence-corrected chi connectivity index (χ1v) is 10.1. The number of rotatable bonds is 4. The number of methoxy groups -OCH3 is 2. The summed E-state index contributed by atoms with van der Waals surface area (Å²) >= 11 is 0. The zero-order valence-corrected chi connectivity index (χ0v) is 17.9. The van der Waals surface area contributed by atoms with Crippen LogP contribution >= 0.6 is 0 Å². The number of amidine groups is 1. The van der Waals surface area contributed by atoms with Crippen molar-refractivity contribution < 1.29 is 14.6 Å². The van der Waals surface area contributed by atoms with E-state index in [1.165, 1.54) is 0 Å². The summed E-state index contributed by atoms with van der Waals surface area (Å²) in [6.45, 7) is 6.02. The van der Waals surface area contributed by atoms with Crippen LogP contribution in [0.2, 0.25) is 0 Å². The lowest BCUT2D eigenvalue weighted by Crippen LogP contribution is -2.46. The highest BCUT2D eigenvalue weighted by molar-refractivity contribution is 6.02. The number of benzene rings is 1. The Kier molecular flexibility index (Phi) is 5.31. The monoisotopic (exact) mass is 411 g/mol. The Morgan fingerprint density at radius 1 is 1.13 bits per heavy atom. The molecule has 0 spiro atoms. The number of hydrazine groups is 1. The summed E-state index contributed by atoms with van der Waals surface area (Å²) in [5.74, 6) is 1.65. The van der Waals surface area contributed by atoms with E-state index in [0.29, 0.717) is 11.4 Å². The largest absolute Gasteiger partial charge is 0.501 e. The number of nitrogens with one attached hydrogen (secondary N) is 3. The van der Waals surface area contributed by atoms with Gasteiger partial charge in [0.1, 0.15) is 11.6 Å². The van der Waals surface area contributed by atoms with Gasteiger partial charge in [0, 0.05) is 25.1 Å². The quantitative estimate of drug-likeness (QED) is 0.605. The van der Waals surface area contributed by atoms with Crippen molar-refractivity contribution in [1.29, 1.82) is 5.41 Å². The van der Waals surface area contributed by atoms with E-state index >= 15 is 0 Å². The lowest BCUT2D eigenvalue weighted by molar-refractivity contribution is -0.0638. The smallest absolute Gasteiger partial charge is 0.158 e. The molecule has 0 radical (unpaired) electrons. The van der Waals surface area contributed by atoms with Gasteiger partial charge in [0.05, 0.1) is 35.9 Å². The van der Waals surface area contributed by atoms with E-state index in [4.69, 9.17) is 14.9 Å². The number of anilines is 2. The number of para-hydroxylation sites is 2. The van der Waals surface area contributed by atoms with Gasteiger partial charge in [0.25, 0.3) is 0 Å². The van der Waals surface area contributed by atoms with E-state index in [1.54, 1.807) is 24.2 Å². The van der Waals surface area contributed by atoms with Gasteiger partial charge in [0.15, 0.2) is 12.1 Å². The van der Waals surface area contributed by atoms with E-state index in [-0.39, 0.29) is 23.9 Å². The zero-order chi connectivity index (χ0) is 21.6. The first kappa shape index (κ1) is 20.5. The third-order valence-electron chi connectivity index (χ3n) is 5.77. The Hall–Kier alpha value is -2.81. The van der Waals surface area contributed by atoms with Crippen molar-refractivity contribution in [3.05, 3.63) is 59.3 Å². The van der Waals surface area contributed by atoms with Crippen molar-refractivity contribution >= 4 is 17.2 Å². The summed E-state index contributed by atoms with van der Waals surface area (Å²) in [7, 11) is 3.30. The molecule has 1 saturated heterocycles. The first-order valence-electron chi connectivity index (χ1n) is 10.1. The Labute approximate surface area is 176 Å². The lowest BCUT2D eigenvalue weighted by Gasteiger charge is -2.37. The fourth-order valence-corrected chi connectivity index (χ4v) is 4.20. The Bertz CT molecular complexity index is 925. The number of hydrogen-bond acceptors (Lipinski definition) is 7. The molecule has 0 amide bonds. The number of ether oxygens (including phenoxy) is 2. The molecule has 1 aromatic rings. The third kappa shape index (κ3) is 3.17. The molecule has 8 nitrogen and oxygen atoms in total. The Balaban J connectivity index is 1.77. The fraction of sp³-hybridized carbons (Fsp3) is 0.409. The minimum Gasteiger partial charge on any atom is -0.501 e. The lowest BCUT2D eigenvalue weighted by atomic mass is 9.95. The van der Waals surface area contributed by atoms with Crippen molar-refractivity contribution in [2.24, 2.45) is 5.92 Å². The van der Waals surface area contributed by atoms with Crippen molar-refractivity contribution in [2.75, 3.05) is 24.9 Å². The second-order valence-electron chi connectivity index (χ2n) is 7.92. The van der Waals surface area contributed by atoms with Crippen LogP contribution in [0.1, 0.15) is 20.8 Å². The van der Waals surface area contributed by atoms with Gasteiger partial charge in [-0.1, -0.05) is 19.1 Å². The highest BCUT2D eigenvalue weighted by atomic mass is 16.5. The number of nitrogens with zero attached hydrogens (tertiary/aromatic N) is 2. The van der Waals surface area contributed by atoms with E-state index in [9.17, 15) is 5.11 Å². The fourth-order valence-electron chi connectivity index (χ4n) is 4.20. The normalized spacial score (nSPS) is 26.4. The Morgan fingerprint density at radius 3 is 2.30 bits per heavy atom. The van der Waals surface area contributed by atoms with Gasteiger partial charge in [-0.2, -0.15) is 5.01 Å². The molecule has 1 aliphatic carbocycles. The minimum atomic E-state index is -0.984. The van der Waals surface area contributed by atoms with Gasteiger partial charge in [0.2, 0.25) is 0 Å². The minimum absolute atomic E-state index is 0.0529. The van der Waals surface area contributed by atoms with E-state index in [1.807, 2.05) is 57.2 Å². The number of fused-ring (bicyclic) bond motifs is 1. The topological polar surface area (TPSA) is 93.1 Å². The summed E-state index contributed by atoms with van der Waals surface area (Å²) in [6.07, 6.45) is 2.71. The zero-order valence-electron chi connectivity index (χ0n) is 17.9. The first-order chi connectivity index (χ1) is 14.4. The van der Waals surface area contributed by atoms with Crippen LogP contribution < -0.4 is 10.6 Å². The molecule has 0 saturated carbocycles. The molecular formula is C22H29N5O3. The summed E-state index contributed by atoms with van der Waals surface area (Å²) in [4.78, 5) is 0. The summed E-state index contributed by atoms with van der Waals surface area (Å²) in [5.41, 5.74) is 3.06. The van der Waals surface area contributed by atoms with Gasteiger partial charge in [-0.25, -0.2) is 0 Å². The van der Waals surface area contributed by atoms with Crippen LogP contribution in [0, 0.1) is 11.3 Å². The third-order valence-corrected chi connectivity index (χ3v) is 5.77. The SMILES string of the molecule is COC1=CC(N2C(=N)C(=C3Nc4ccccc4N3)C(O)N2C(C)C)=CC(OC)C1C. The van der Waals surface area contributed by atoms with Gasteiger partial charge >= 0.3 is 0 Å². The maximum atomic E-state index is 11.2. The molecule has 4 N–H and O–H groups in total. The molecule has 3 atom stereocenters. The van der Waals surface area contributed by atoms with Crippen LogP contribution in [0.4, 0.5) is 11.4 Å². The molecule has 1 fully saturated rings. The molecule has 0 bridgehead atoms. The standard InChI is InChI=1S/C22H29N5O3/c1-12(2)26-22(28)19(21-24-15-8-6-7-9-16(15)25-21)20(23)27(26)14-10-17(29-4)13(3)18(11-14)30-5/h6-13,17,22-25,28H,1-5H3. The maximum absolute atomic E-state index is 11.2. The summed E-state index contributed by atoms with van der Waals surface area (Å²) in [5, 5.41) is 30.3. The molecule has 2 aliphatic heterocycles. The summed E-state index contributed by atoms with van der Waals surface area (Å²) < 4.78 is 11.2. The van der Waals surface area contributed by atoms with Gasteiger partial charge in [-0.15, -0.1) is 0 Å². The summed E-state index contributed by atoms with van der Waals surface area (Å²) in [6, 6.07) is 7.75. The molecule has 3 aliphatic rings. The highest BCUT2D eigenvalue weighted by Crippen LogP contribution is 2.39. The van der Waals surface area contributed by atoms with Gasteiger partial charge in [-0.3, -0.25) is 10.4 Å². The number of aliphatic hydroxyl groups excluding tert-OH is 1. The highest BCUT2D eigenvalue weighted by Gasteiger charge is 2.45. The van der Waals surface area contributed by atoms with Crippen LogP contribution in [0.3, 0.4) is 0 Å². The molecule has 3 unspecified atom stereocenters. The molecular weight excluding hydrogens is 382 g/mol. The number of hydrogen-bond donors (Lipinski definition) is 4. The molecule has 30 heavy (non-hydrogen) atoms. The maximum Gasteiger partial charge on any atom is 0.158 e. The Morgan fingerprint density at radius 2 is 1.77 bits per heavy atom. The van der Waals surface area contributed by atoms with E-state index in [0.717, 1.165) is 22.8 Å². The molecule has 0 aromatic heterocycles. The van der Waals surface area contributed by atoms with Crippen LogP contribution in [0.15, 0.2) is 59.3 Å². The predicted octanol–water partition coefficient (Wildman–Crippen LogP) is 3.05. The second kappa shape index (κ2) is 7.79. The van der Waals surface area contributed by atoms with Crippen LogP contribution in [0.25, 0.3) is 0 Å². The number of allylic oxidation sites excluding steroid dienone is 1. The molecule has 2 heterocycles.